The van der Waals surface area contributed by atoms with Crippen molar-refractivity contribution in [1.82, 2.24) is 0 Å². The van der Waals surface area contributed by atoms with Gasteiger partial charge in [0.25, 0.3) is 0 Å². The minimum atomic E-state index is -4.45. The first-order chi connectivity index (χ1) is 14.8. The van der Waals surface area contributed by atoms with E-state index in [2.05, 4.69) is 13.8 Å². The van der Waals surface area contributed by atoms with Crippen LogP contribution in [0.1, 0.15) is 162 Å². The van der Waals surface area contributed by atoms with Crippen LogP contribution in [0.2, 0.25) is 0 Å². The predicted octanol–water partition coefficient (Wildman–Crippen LogP) is 9.48. The largest absolute Gasteiger partial charge is 0.470 e. The number of hydrogen-bond donors (Lipinski definition) is 2. The van der Waals surface area contributed by atoms with Gasteiger partial charge in [0.05, 0.1) is 5.60 Å². The molecule has 0 saturated carbocycles. The first-order valence-electron chi connectivity index (χ1n) is 13.6. The third-order valence-corrected chi connectivity index (χ3v) is 7.14. The van der Waals surface area contributed by atoms with Crippen molar-refractivity contribution in [3.05, 3.63) is 0 Å². The van der Waals surface area contributed by atoms with Crippen molar-refractivity contribution < 1.29 is 18.9 Å². The van der Waals surface area contributed by atoms with Gasteiger partial charge in [-0.15, -0.1) is 0 Å². The monoisotopic (exact) mass is 462 g/mol. The molecule has 4 nitrogen and oxygen atoms in total. The van der Waals surface area contributed by atoms with Crippen LogP contribution in [-0.4, -0.2) is 15.4 Å². The van der Waals surface area contributed by atoms with Crippen molar-refractivity contribution in [3.8, 4) is 0 Å². The Morgan fingerprint density at radius 2 is 0.806 bits per heavy atom. The van der Waals surface area contributed by atoms with Crippen LogP contribution in [0.4, 0.5) is 0 Å². The van der Waals surface area contributed by atoms with Gasteiger partial charge in [0, 0.05) is 0 Å². The maximum absolute atomic E-state index is 11.5. The summed E-state index contributed by atoms with van der Waals surface area (Å²) in [6.07, 6.45) is 26.8. The molecule has 0 saturated heterocycles. The first kappa shape index (κ1) is 31.1. The Labute approximate surface area is 194 Å². The van der Waals surface area contributed by atoms with Gasteiger partial charge in [-0.1, -0.05) is 142 Å². The molecule has 0 aromatic carbocycles. The zero-order valence-corrected chi connectivity index (χ0v) is 22.1. The molecular weight excluding hydrogens is 407 g/mol. The van der Waals surface area contributed by atoms with Crippen LogP contribution in [-0.2, 0) is 9.09 Å². The fourth-order valence-electron chi connectivity index (χ4n) is 4.48. The van der Waals surface area contributed by atoms with Gasteiger partial charge in [-0.25, -0.2) is 4.57 Å². The molecule has 31 heavy (non-hydrogen) atoms. The van der Waals surface area contributed by atoms with Gasteiger partial charge in [-0.3, -0.25) is 4.52 Å². The Bertz CT molecular complexity index is 398. The molecule has 5 heteroatoms. The molecule has 0 radical (unpaired) electrons. The van der Waals surface area contributed by atoms with Crippen molar-refractivity contribution in [2.45, 2.75) is 168 Å². The number of unbranched alkanes of at least 4 members (excludes halogenated alkanes) is 18. The summed E-state index contributed by atoms with van der Waals surface area (Å²) in [4.78, 5) is 18.7. The second kappa shape index (κ2) is 20.7. The summed E-state index contributed by atoms with van der Waals surface area (Å²) in [5.74, 6) is 0. The van der Waals surface area contributed by atoms with E-state index in [-0.39, 0.29) is 0 Å². The summed E-state index contributed by atoms with van der Waals surface area (Å²) >= 11 is 0. The van der Waals surface area contributed by atoms with Crippen LogP contribution in [0.15, 0.2) is 0 Å². The van der Waals surface area contributed by atoms with Crippen molar-refractivity contribution in [1.29, 1.82) is 0 Å². The first-order valence-corrected chi connectivity index (χ1v) is 15.1. The molecule has 0 spiro atoms. The molecule has 2 N–H and O–H groups in total. The van der Waals surface area contributed by atoms with Crippen molar-refractivity contribution in [2.75, 3.05) is 0 Å². The highest BCUT2D eigenvalue weighted by molar-refractivity contribution is 7.46. The summed E-state index contributed by atoms with van der Waals surface area (Å²) in [5, 5.41) is 0. The third kappa shape index (κ3) is 23.1. The number of hydrogen-bond acceptors (Lipinski definition) is 2. The Kier molecular flexibility index (Phi) is 20.8. The van der Waals surface area contributed by atoms with Gasteiger partial charge in [-0.05, 0) is 19.8 Å². The second-order valence-electron chi connectivity index (χ2n) is 9.90. The molecule has 0 aromatic rings. The molecule has 0 atom stereocenters. The highest BCUT2D eigenvalue weighted by atomic mass is 31.2. The molecule has 0 aliphatic heterocycles. The van der Waals surface area contributed by atoms with Crippen LogP contribution in [0.5, 0.6) is 0 Å². The quantitative estimate of drug-likeness (QED) is 0.111. The van der Waals surface area contributed by atoms with Crippen LogP contribution in [0.3, 0.4) is 0 Å². The number of rotatable bonds is 24. The Morgan fingerprint density at radius 3 is 1.06 bits per heavy atom. The van der Waals surface area contributed by atoms with Gasteiger partial charge < -0.3 is 9.79 Å². The molecule has 0 rings (SSSR count). The summed E-state index contributed by atoms with van der Waals surface area (Å²) in [5.41, 5.74) is -0.695. The molecule has 0 aliphatic carbocycles. The maximum atomic E-state index is 11.5. The van der Waals surface area contributed by atoms with Gasteiger partial charge in [0.1, 0.15) is 0 Å². The van der Waals surface area contributed by atoms with Crippen LogP contribution >= 0.6 is 7.82 Å². The topological polar surface area (TPSA) is 66.8 Å². The normalized spacial score (nSPS) is 12.5. The van der Waals surface area contributed by atoms with Gasteiger partial charge in [0.2, 0.25) is 0 Å². The highest BCUT2D eigenvalue weighted by Gasteiger charge is 2.32. The fraction of sp³-hybridized carbons (Fsp3) is 1.00. The Balaban J connectivity index is 3.91. The van der Waals surface area contributed by atoms with Crippen LogP contribution < -0.4 is 0 Å². The molecule has 0 bridgehead atoms. The predicted molar refractivity (Wildman–Crippen MR) is 134 cm³/mol. The third-order valence-electron chi connectivity index (χ3n) is 6.46. The van der Waals surface area contributed by atoms with Crippen molar-refractivity contribution in [3.63, 3.8) is 0 Å². The maximum Gasteiger partial charge on any atom is 0.470 e. The average molecular weight is 463 g/mol. The standard InChI is InChI=1S/C26H55O4P/c1-4-6-8-10-12-14-16-18-20-22-24-26(3,30-31(27,28)29)25-23-21-19-17-15-13-11-9-7-5-2/h4-25H2,1-3H3,(H2,27,28,29). The minimum Gasteiger partial charge on any atom is -0.303 e. The molecule has 188 valence electrons. The molecule has 0 unspecified atom stereocenters. The number of phosphoric acid groups is 1. The molecule has 0 amide bonds. The van der Waals surface area contributed by atoms with Crippen LogP contribution in [0, 0.1) is 0 Å². The molecule has 0 heterocycles. The smallest absolute Gasteiger partial charge is 0.303 e. The van der Waals surface area contributed by atoms with E-state index in [1.807, 2.05) is 6.92 Å². The lowest BCUT2D eigenvalue weighted by atomic mass is 9.91. The van der Waals surface area contributed by atoms with Crippen LogP contribution in [0.25, 0.3) is 0 Å². The van der Waals surface area contributed by atoms with E-state index < -0.39 is 13.4 Å². The summed E-state index contributed by atoms with van der Waals surface area (Å²) < 4.78 is 16.7. The average Bonchev–Trinajstić information content (AvgIpc) is 2.69. The van der Waals surface area contributed by atoms with E-state index in [0.29, 0.717) is 0 Å². The zero-order chi connectivity index (χ0) is 23.3. The lowest BCUT2D eigenvalue weighted by Gasteiger charge is -2.30. The van der Waals surface area contributed by atoms with Gasteiger partial charge in [-0.2, -0.15) is 0 Å². The summed E-state index contributed by atoms with van der Waals surface area (Å²) in [6.45, 7) is 6.40. The Morgan fingerprint density at radius 1 is 0.548 bits per heavy atom. The minimum absolute atomic E-state index is 0.695. The van der Waals surface area contributed by atoms with E-state index in [0.717, 1.165) is 38.5 Å². The lowest BCUT2D eigenvalue weighted by Crippen LogP contribution is -2.27. The molecule has 0 fully saturated rings. The molecule has 0 aliphatic rings. The lowest BCUT2D eigenvalue weighted by molar-refractivity contribution is 0.0304. The summed E-state index contributed by atoms with van der Waals surface area (Å²) in [7, 11) is -4.45. The van der Waals surface area contributed by atoms with Crippen molar-refractivity contribution >= 4 is 7.82 Å². The van der Waals surface area contributed by atoms with E-state index in [1.165, 1.54) is 103 Å². The van der Waals surface area contributed by atoms with Crippen molar-refractivity contribution in [2.24, 2.45) is 0 Å². The van der Waals surface area contributed by atoms with E-state index in [9.17, 15) is 14.4 Å². The molecular formula is C26H55O4P. The SMILES string of the molecule is CCCCCCCCCCCCC(C)(CCCCCCCCCCCC)OP(=O)(O)O. The highest BCUT2D eigenvalue weighted by Crippen LogP contribution is 2.45. The van der Waals surface area contributed by atoms with Gasteiger partial charge in [0.15, 0.2) is 0 Å². The molecule has 0 aromatic heterocycles. The van der Waals surface area contributed by atoms with E-state index in [4.69, 9.17) is 4.52 Å². The van der Waals surface area contributed by atoms with E-state index in [1.54, 1.807) is 0 Å². The fourth-order valence-corrected chi connectivity index (χ4v) is 5.23. The zero-order valence-electron chi connectivity index (χ0n) is 21.2. The van der Waals surface area contributed by atoms with E-state index >= 15 is 0 Å². The second-order valence-corrected chi connectivity index (χ2v) is 11.1. The Hall–Kier alpha value is 0.110. The number of phosphoric ester groups is 1. The summed E-state index contributed by atoms with van der Waals surface area (Å²) in [6, 6.07) is 0. The van der Waals surface area contributed by atoms with Gasteiger partial charge >= 0.3 is 7.82 Å².